The fourth-order valence-electron chi connectivity index (χ4n) is 1.21. The maximum Gasteiger partial charge on any atom is 0.254 e. The lowest BCUT2D eigenvalue weighted by Gasteiger charge is -2.14. The van der Waals surface area contributed by atoms with E-state index >= 15 is 0 Å². The molecule has 0 aromatic carbocycles. The minimum atomic E-state index is -0.443. The Labute approximate surface area is 106 Å². The molecule has 0 saturated heterocycles. The summed E-state index contributed by atoms with van der Waals surface area (Å²) in [6.45, 7) is 10.4. The van der Waals surface area contributed by atoms with E-state index in [1.54, 1.807) is 6.92 Å². The number of nitrogens with zero attached hydrogens (tertiary/aromatic N) is 1. The average molecular weight is 256 g/mol. The number of carbonyl (C=O) groups excluding carboxylic acids is 1. The van der Waals surface area contributed by atoms with Gasteiger partial charge in [0, 0.05) is 17.4 Å². The highest BCUT2D eigenvalue weighted by molar-refractivity contribution is 7.13. The highest BCUT2D eigenvalue weighted by Gasteiger charge is 2.19. The van der Waals surface area contributed by atoms with Gasteiger partial charge >= 0.3 is 0 Å². The van der Waals surface area contributed by atoms with Crippen LogP contribution >= 0.6 is 11.3 Å². The zero-order valence-electron chi connectivity index (χ0n) is 11.0. The normalized spacial score (nSPS) is 13.5. The first-order chi connectivity index (χ1) is 7.84. The monoisotopic (exact) mass is 256 g/mol. The van der Waals surface area contributed by atoms with Gasteiger partial charge < -0.3 is 4.74 Å². The van der Waals surface area contributed by atoms with Crippen molar-refractivity contribution in [1.82, 2.24) is 4.98 Å². The molecule has 1 heterocycles. The van der Waals surface area contributed by atoms with Crippen LogP contribution in [0.25, 0.3) is 0 Å². The van der Waals surface area contributed by atoms with Crippen molar-refractivity contribution in [2.24, 2.45) is 0 Å². The molecule has 1 amide bonds. The maximum atomic E-state index is 11.7. The second-order valence-electron chi connectivity index (χ2n) is 4.87. The highest BCUT2D eigenvalue weighted by atomic mass is 32.1. The third kappa shape index (κ3) is 4.09. The van der Waals surface area contributed by atoms with Gasteiger partial charge in [0.05, 0.1) is 5.69 Å². The van der Waals surface area contributed by atoms with Crippen LogP contribution in [0.1, 0.15) is 40.3 Å². The fraction of sp³-hybridized carbons (Fsp3) is 0.667. The number of anilines is 1. The van der Waals surface area contributed by atoms with Crippen LogP contribution in [-0.2, 0) is 14.9 Å². The summed E-state index contributed by atoms with van der Waals surface area (Å²) in [6, 6.07) is 0. The predicted octanol–water partition coefficient (Wildman–Crippen LogP) is 2.80. The van der Waals surface area contributed by atoms with E-state index in [1.807, 2.05) is 12.3 Å². The first-order valence-electron chi connectivity index (χ1n) is 5.73. The third-order valence-electron chi connectivity index (χ3n) is 2.29. The first-order valence-corrected chi connectivity index (χ1v) is 6.61. The highest BCUT2D eigenvalue weighted by Crippen LogP contribution is 2.26. The van der Waals surface area contributed by atoms with E-state index in [4.69, 9.17) is 4.74 Å². The van der Waals surface area contributed by atoms with E-state index < -0.39 is 6.10 Å². The van der Waals surface area contributed by atoms with Crippen molar-refractivity contribution >= 4 is 22.4 Å². The van der Waals surface area contributed by atoms with Gasteiger partial charge in [-0.05, 0) is 13.8 Å². The molecule has 1 atom stereocenters. The Morgan fingerprint density at radius 3 is 2.71 bits per heavy atom. The second kappa shape index (κ2) is 5.60. The molecule has 0 spiro atoms. The minimum absolute atomic E-state index is 0.00497. The second-order valence-corrected chi connectivity index (χ2v) is 5.73. The molecule has 5 heteroatoms. The number of hydrogen-bond acceptors (Lipinski definition) is 4. The molecule has 17 heavy (non-hydrogen) atoms. The standard InChI is InChI=1S/C12H20N2O2S/c1-6-16-8(2)10(15)14-11-13-9(7-17-11)12(3,4)5/h7-8H,6H2,1-5H3,(H,13,14,15). The molecule has 96 valence electrons. The van der Waals surface area contributed by atoms with Crippen LogP contribution < -0.4 is 5.32 Å². The Morgan fingerprint density at radius 1 is 1.59 bits per heavy atom. The molecular formula is C12H20N2O2S. The van der Waals surface area contributed by atoms with Crippen LogP contribution in [0.4, 0.5) is 5.13 Å². The quantitative estimate of drug-likeness (QED) is 0.901. The molecule has 0 radical (unpaired) electrons. The van der Waals surface area contributed by atoms with Crippen LogP contribution in [0.15, 0.2) is 5.38 Å². The molecule has 0 aliphatic rings. The van der Waals surface area contributed by atoms with Crippen LogP contribution in [0.5, 0.6) is 0 Å². The van der Waals surface area contributed by atoms with Crippen molar-refractivity contribution in [3.8, 4) is 0 Å². The molecule has 4 nitrogen and oxygen atoms in total. The van der Waals surface area contributed by atoms with Gasteiger partial charge in [-0.3, -0.25) is 10.1 Å². The van der Waals surface area contributed by atoms with Crippen LogP contribution in [0, 0.1) is 0 Å². The summed E-state index contributed by atoms with van der Waals surface area (Å²) in [6.07, 6.45) is -0.443. The van der Waals surface area contributed by atoms with Gasteiger partial charge in [0.25, 0.3) is 5.91 Å². The molecule has 0 bridgehead atoms. The number of thiazole rings is 1. The Kier molecular flexibility index (Phi) is 4.65. The van der Waals surface area contributed by atoms with Crippen LogP contribution in [-0.4, -0.2) is 23.6 Å². The molecule has 1 rings (SSSR count). The summed E-state index contributed by atoms with van der Waals surface area (Å²) in [7, 11) is 0. The summed E-state index contributed by atoms with van der Waals surface area (Å²) in [5.74, 6) is -0.151. The number of aromatic nitrogens is 1. The van der Waals surface area contributed by atoms with Crippen LogP contribution in [0.3, 0.4) is 0 Å². The van der Waals surface area contributed by atoms with Crippen molar-refractivity contribution in [2.45, 2.75) is 46.1 Å². The van der Waals surface area contributed by atoms with Gasteiger partial charge in [-0.15, -0.1) is 11.3 Å². The first kappa shape index (κ1) is 14.1. The van der Waals surface area contributed by atoms with E-state index in [0.29, 0.717) is 11.7 Å². The van der Waals surface area contributed by atoms with Crippen molar-refractivity contribution < 1.29 is 9.53 Å². The number of hydrogen-bond donors (Lipinski definition) is 1. The van der Waals surface area contributed by atoms with Gasteiger partial charge in [-0.25, -0.2) is 4.98 Å². The Balaban J connectivity index is 2.64. The lowest BCUT2D eigenvalue weighted by molar-refractivity contribution is -0.126. The van der Waals surface area contributed by atoms with Gasteiger partial charge in [-0.2, -0.15) is 0 Å². The van der Waals surface area contributed by atoms with Gasteiger partial charge in [0.15, 0.2) is 5.13 Å². The predicted molar refractivity (Wildman–Crippen MR) is 70.5 cm³/mol. The largest absolute Gasteiger partial charge is 0.369 e. The van der Waals surface area contributed by atoms with Crippen molar-refractivity contribution in [1.29, 1.82) is 0 Å². The molecule has 1 aromatic heterocycles. The molecule has 1 aromatic rings. The average Bonchev–Trinajstić information content (AvgIpc) is 2.66. The van der Waals surface area contributed by atoms with Gasteiger partial charge in [0.1, 0.15) is 6.10 Å². The van der Waals surface area contributed by atoms with Crippen molar-refractivity contribution in [3.05, 3.63) is 11.1 Å². The number of nitrogens with one attached hydrogen (secondary N) is 1. The van der Waals surface area contributed by atoms with E-state index in [0.717, 1.165) is 5.69 Å². The fourth-order valence-corrected chi connectivity index (χ4v) is 2.15. The molecule has 0 saturated carbocycles. The van der Waals surface area contributed by atoms with E-state index in [2.05, 4.69) is 31.1 Å². The SMILES string of the molecule is CCOC(C)C(=O)Nc1nc(C(C)(C)C)cs1. The Morgan fingerprint density at radius 2 is 2.24 bits per heavy atom. The summed E-state index contributed by atoms with van der Waals surface area (Å²) < 4.78 is 5.21. The Hall–Kier alpha value is -0.940. The number of amides is 1. The number of ether oxygens (including phenoxy) is 1. The Bertz CT molecular complexity index is 382. The van der Waals surface area contributed by atoms with E-state index in [9.17, 15) is 4.79 Å². The molecule has 1 N–H and O–H groups in total. The van der Waals surface area contributed by atoms with Crippen molar-refractivity contribution in [2.75, 3.05) is 11.9 Å². The number of carbonyl (C=O) groups is 1. The van der Waals surface area contributed by atoms with Gasteiger partial charge in [-0.1, -0.05) is 20.8 Å². The smallest absolute Gasteiger partial charge is 0.254 e. The number of rotatable bonds is 4. The lowest BCUT2D eigenvalue weighted by Crippen LogP contribution is -2.27. The third-order valence-corrected chi connectivity index (χ3v) is 3.05. The van der Waals surface area contributed by atoms with Gasteiger partial charge in [0.2, 0.25) is 0 Å². The summed E-state index contributed by atoms with van der Waals surface area (Å²) in [5.41, 5.74) is 0.993. The molecular weight excluding hydrogens is 236 g/mol. The molecule has 1 unspecified atom stereocenters. The molecule has 0 aliphatic carbocycles. The summed E-state index contributed by atoms with van der Waals surface area (Å²) in [4.78, 5) is 16.1. The zero-order chi connectivity index (χ0) is 13.1. The van der Waals surface area contributed by atoms with E-state index in [1.165, 1.54) is 11.3 Å². The minimum Gasteiger partial charge on any atom is -0.369 e. The lowest BCUT2D eigenvalue weighted by atomic mass is 9.93. The topological polar surface area (TPSA) is 51.2 Å². The van der Waals surface area contributed by atoms with Crippen molar-refractivity contribution in [3.63, 3.8) is 0 Å². The maximum absolute atomic E-state index is 11.7. The van der Waals surface area contributed by atoms with E-state index in [-0.39, 0.29) is 11.3 Å². The zero-order valence-corrected chi connectivity index (χ0v) is 11.9. The molecule has 0 aliphatic heterocycles. The molecule has 0 fully saturated rings. The van der Waals surface area contributed by atoms with Crippen LogP contribution in [0.2, 0.25) is 0 Å². The summed E-state index contributed by atoms with van der Waals surface area (Å²) in [5, 5.41) is 5.37. The summed E-state index contributed by atoms with van der Waals surface area (Å²) >= 11 is 1.44.